The van der Waals surface area contributed by atoms with Gasteiger partial charge in [0, 0.05) is 13.1 Å². The van der Waals surface area contributed by atoms with Crippen LogP contribution < -0.4 is 5.73 Å². The van der Waals surface area contributed by atoms with Gasteiger partial charge in [-0.2, -0.15) is 5.10 Å². The molecule has 2 N–H and O–H groups in total. The van der Waals surface area contributed by atoms with E-state index in [2.05, 4.69) is 10.1 Å². The van der Waals surface area contributed by atoms with E-state index in [0.29, 0.717) is 18.8 Å². The van der Waals surface area contributed by atoms with Gasteiger partial charge in [0.25, 0.3) is 0 Å². The monoisotopic (exact) mass is 182 g/mol. The molecule has 13 heavy (non-hydrogen) atoms. The molecule has 0 bridgehead atoms. The van der Waals surface area contributed by atoms with E-state index in [4.69, 9.17) is 10.5 Å². The average molecular weight is 182 g/mol. The molecule has 2 rings (SSSR count). The molecule has 1 aromatic rings. The molecular formula is C8H14N4O. The molecule has 0 aromatic carbocycles. The molecule has 1 saturated carbocycles. The highest BCUT2D eigenvalue weighted by atomic mass is 16.5. The number of hydrogen-bond donors (Lipinski definition) is 1. The molecule has 0 radical (unpaired) electrons. The van der Waals surface area contributed by atoms with Crippen LogP contribution in [0.2, 0.25) is 0 Å². The van der Waals surface area contributed by atoms with Crippen molar-refractivity contribution in [2.75, 3.05) is 0 Å². The maximum Gasteiger partial charge on any atom is 0.152 e. The fourth-order valence-corrected chi connectivity index (χ4v) is 1.39. The lowest BCUT2D eigenvalue weighted by Gasteiger charge is -2.31. The molecule has 5 heteroatoms. The SMILES string of the molecule is Cn1ncnc1COC1CC(N)C1. The number of nitrogens with two attached hydrogens (primary N) is 1. The summed E-state index contributed by atoms with van der Waals surface area (Å²) in [7, 11) is 1.86. The summed E-state index contributed by atoms with van der Waals surface area (Å²) in [5, 5.41) is 3.95. The first-order valence-corrected chi connectivity index (χ1v) is 4.46. The summed E-state index contributed by atoms with van der Waals surface area (Å²) in [6, 6.07) is 0.337. The van der Waals surface area contributed by atoms with Gasteiger partial charge in [0.05, 0.1) is 6.10 Å². The molecule has 0 aliphatic heterocycles. The van der Waals surface area contributed by atoms with E-state index >= 15 is 0 Å². The fraction of sp³-hybridized carbons (Fsp3) is 0.750. The Labute approximate surface area is 76.9 Å². The second-order valence-electron chi connectivity index (χ2n) is 3.46. The van der Waals surface area contributed by atoms with Crippen molar-refractivity contribution in [1.29, 1.82) is 0 Å². The van der Waals surface area contributed by atoms with Crippen LogP contribution in [0.5, 0.6) is 0 Å². The van der Waals surface area contributed by atoms with E-state index in [1.165, 1.54) is 6.33 Å². The van der Waals surface area contributed by atoms with Crippen molar-refractivity contribution < 1.29 is 4.74 Å². The van der Waals surface area contributed by atoms with Gasteiger partial charge in [-0.25, -0.2) is 4.98 Å². The van der Waals surface area contributed by atoms with Gasteiger partial charge in [-0.3, -0.25) is 4.68 Å². The van der Waals surface area contributed by atoms with Crippen LogP contribution in [0.1, 0.15) is 18.7 Å². The van der Waals surface area contributed by atoms with Crippen LogP contribution >= 0.6 is 0 Å². The largest absolute Gasteiger partial charge is 0.370 e. The predicted octanol–water partition coefficient (Wildman–Crippen LogP) is -0.179. The maximum atomic E-state index is 5.63. The molecule has 5 nitrogen and oxygen atoms in total. The van der Waals surface area contributed by atoms with Gasteiger partial charge >= 0.3 is 0 Å². The van der Waals surface area contributed by atoms with Crippen LogP contribution in [0.4, 0.5) is 0 Å². The zero-order valence-electron chi connectivity index (χ0n) is 7.68. The lowest BCUT2D eigenvalue weighted by atomic mass is 9.90. The summed E-state index contributed by atoms with van der Waals surface area (Å²) in [4.78, 5) is 4.06. The van der Waals surface area contributed by atoms with E-state index in [-0.39, 0.29) is 0 Å². The summed E-state index contributed by atoms with van der Waals surface area (Å²) in [6.07, 6.45) is 3.80. The summed E-state index contributed by atoms with van der Waals surface area (Å²) >= 11 is 0. The molecular weight excluding hydrogens is 168 g/mol. The van der Waals surface area contributed by atoms with Crippen molar-refractivity contribution in [1.82, 2.24) is 14.8 Å². The number of nitrogens with zero attached hydrogens (tertiary/aromatic N) is 3. The first-order chi connectivity index (χ1) is 6.25. The predicted molar refractivity (Wildman–Crippen MR) is 46.8 cm³/mol. The minimum absolute atomic E-state index is 0.326. The Balaban J connectivity index is 1.77. The minimum atomic E-state index is 0.326. The van der Waals surface area contributed by atoms with Crippen molar-refractivity contribution in [3.8, 4) is 0 Å². The highest BCUT2D eigenvalue weighted by molar-refractivity contribution is 4.85. The van der Waals surface area contributed by atoms with Crippen molar-refractivity contribution >= 4 is 0 Å². The summed E-state index contributed by atoms with van der Waals surface area (Å²) < 4.78 is 7.29. The van der Waals surface area contributed by atoms with Gasteiger partial charge in [0.1, 0.15) is 12.9 Å². The molecule has 1 aliphatic rings. The maximum absolute atomic E-state index is 5.63. The standard InChI is InChI=1S/C8H14N4O/c1-12-8(10-5-11-12)4-13-7-2-6(9)3-7/h5-7H,2-4,9H2,1H3. The third kappa shape index (κ3) is 1.87. The van der Waals surface area contributed by atoms with Crippen molar-refractivity contribution in [2.24, 2.45) is 12.8 Å². The van der Waals surface area contributed by atoms with Crippen LogP contribution in [0.25, 0.3) is 0 Å². The molecule has 1 heterocycles. The Morgan fingerprint density at radius 1 is 1.69 bits per heavy atom. The van der Waals surface area contributed by atoms with Crippen LogP contribution in [-0.4, -0.2) is 26.9 Å². The van der Waals surface area contributed by atoms with Crippen LogP contribution in [0.3, 0.4) is 0 Å². The number of ether oxygens (including phenoxy) is 1. The van der Waals surface area contributed by atoms with Crippen LogP contribution in [-0.2, 0) is 18.4 Å². The van der Waals surface area contributed by atoms with Crippen LogP contribution in [0.15, 0.2) is 6.33 Å². The summed E-state index contributed by atoms with van der Waals surface area (Å²) in [5.74, 6) is 0.862. The molecule has 1 aliphatic carbocycles. The van der Waals surface area contributed by atoms with E-state index < -0.39 is 0 Å². The first kappa shape index (κ1) is 8.65. The first-order valence-electron chi connectivity index (χ1n) is 4.46. The number of rotatable bonds is 3. The smallest absolute Gasteiger partial charge is 0.152 e. The Kier molecular flexibility index (Phi) is 2.28. The van der Waals surface area contributed by atoms with E-state index in [1.807, 2.05) is 7.05 Å². The van der Waals surface area contributed by atoms with Gasteiger partial charge in [0.2, 0.25) is 0 Å². The Hall–Kier alpha value is -0.940. The normalized spacial score (nSPS) is 27.2. The van der Waals surface area contributed by atoms with Gasteiger partial charge in [-0.1, -0.05) is 0 Å². The Bertz CT molecular complexity index is 279. The van der Waals surface area contributed by atoms with E-state index in [1.54, 1.807) is 4.68 Å². The van der Waals surface area contributed by atoms with Crippen molar-refractivity contribution in [2.45, 2.75) is 31.6 Å². The third-order valence-corrected chi connectivity index (χ3v) is 2.38. The Morgan fingerprint density at radius 2 is 2.46 bits per heavy atom. The zero-order valence-corrected chi connectivity index (χ0v) is 7.68. The van der Waals surface area contributed by atoms with Crippen LogP contribution in [0, 0.1) is 0 Å². The molecule has 0 amide bonds. The van der Waals surface area contributed by atoms with E-state index in [9.17, 15) is 0 Å². The van der Waals surface area contributed by atoms with E-state index in [0.717, 1.165) is 18.7 Å². The van der Waals surface area contributed by atoms with Crippen molar-refractivity contribution in [3.05, 3.63) is 12.2 Å². The zero-order chi connectivity index (χ0) is 9.26. The number of aryl methyl sites for hydroxylation is 1. The molecule has 0 atom stereocenters. The number of aromatic nitrogens is 3. The minimum Gasteiger partial charge on any atom is -0.370 e. The lowest BCUT2D eigenvalue weighted by molar-refractivity contribution is -0.0226. The summed E-state index contributed by atoms with van der Waals surface area (Å²) in [6.45, 7) is 0.536. The third-order valence-electron chi connectivity index (χ3n) is 2.38. The molecule has 1 aromatic heterocycles. The van der Waals surface area contributed by atoms with Gasteiger partial charge < -0.3 is 10.5 Å². The van der Waals surface area contributed by atoms with Gasteiger partial charge in [-0.05, 0) is 12.8 Å². The van der Waals surface area contributed by atoms with Gasteiger partial charge in [-0.15, -0.1) is 0 Å². The van der Waals surface area contributed by atoms with Gasteiger partial charge in [0.15, 0.2) is 5.82 Å². The highest BCUT2D eigenvalue weighted by Gasteiger charge is 2.26. The molecule has 0 spiro atoms. The topological polar surface area (TPSA) is 66.0 Å². The molecule has 0 saturated heterocycles. The average Bonchev–Trinajstić information content (AvgIpc) is 2.43. The lowest BCUT2D eigenvalue weighted by Crippen LogP contribution is -2.41. The summed E-state index contributed by atoms with van der Waals surface area (Å²) in [5.41, 5.74) is 5.63. The quantitative estimate of drug-likeness (QED) is 0.704. The molecule has 0 unspecified atom stereocenters. The fourth-order valence-electron chi connectivity index (χ4n) is 1.39. The Morgan fingerprint density at radius 3 is 3.00 bits per heavy atom. The number of hydrogen-bond acceptors (Lipinski definition) is 4. The highest BCUT2D eigenvalue weighted by Crippen LogP contribution is 2.21. The van der Waals surface area contributed by atoms with Crippen molar-refractivity contribution in [3.63, 3.8) is 0 Å². The molecule has 72 valence electrons. The molecule has 1 fully saturated rings. The second-order valence-corrected chi connectivity index (χ2v) is 3.46. The second kappa shape index (κ2) is 3.43.